The Balaban J connectivity index is 0.00000480. The standard InChI is InChI=1S/C22H36N6O2.HI/c1-7-8-11-16(14-25-21(29)30-22(2,3)4)26-20(23-5)24-15-19-27-17-12-9-10-13-18(17)28(19)6;/h9-10,12-13,16H,7-8,11,14-15H2,1-6H3,(H,25,29)(H2,23,24,26);1H. The van der Waals surface area contributed by atoms with Crippen molar-refractivity contribution in [1.29, 1.82) is 0 Å². The van der Waals surface area contributed by atoms with Crippen LogP contribution in [-0.2, 0) is 18.3 Å². The number of ether oxygens (including phenoxy) is 1. The summed E-state index contributed by atoms with van der Waals surface area (Å²) in [6.07, 6.45) is 2.64. The fourth-order valence-corrected chi connectivity index (χ4v) is 3.10. The van der Waals surface area contributed by atoms with Crippen molar-refractivity contribution in [2.45, 2.75) is 65.1 Å². The summed E-state index contributed by atoms with van der Waals surface area (Å²) >= 11 is 0. The van der Waals surface area contributed by atoms with Gasteiger partial charge in [0.1, 0.15) is 11.4 Å². The summed E-state index contributed by atoms with van der Waals surface area (Å²) in [6, 6.07) is 8.11. The number of benzene rings is 1. The zero-order valence-electron chi connectivity index (χ0n) is 19.5. The van der Waals surface area contributed by atoms with E-state index >= 15 is 0 Å². The lowest BCUT2D eigenvalue weighted by atomic mass is 10.1. The Morgan fingerprint density at radius 2 is 1.97 bits per heavy atom. The van der Waals surface area contributed by atoms with Crippen molar-refractivity contribution < 1.29 is 9.53 Å². The monoisotopic (exact) mass is 544 g/mol. The lowest BCUT2D eigenvalue weighted by Gasteiger charge is -2.24. The zero-order valence-corrected chi connectivity index (χ0v) is 21.8. The maximum absolute atomic E-state index is 12.0. The van der Waals surface area contributed by atoms with Crippen molar-refractivity contribution in [2.75, 3.05) is 13.6 Å². The minimum Gasteiger partial charge on any atom is -0.444 e. The van der Waals surface area contributed by atoms with Crippen LogP contribution in [0.15, 0.2) is 29.3 Å². The molecule has 0 bridgehead atoms. The number of alkyl carbamates (subject to hydrolysis) is 1. The number of rotatable bonds is 8. The smallest absolute Gasteiger partial charge is 0.407 e. The number of carbonyl (C=O) groups excluding carboxylic acids is 1. The minimum atomic E-state index is -0.514. The zero-order chi connectivity index (χ0) is 22.1. The van der Waals surface area contributed by atoms with Crippen LogP contribution in [0.3, 0.4) is 0 Å². The van der Waals surface area contributed by atoms with Gasteiger partial charge in [0.2, 0.25) is 0 Å². The number of nitrogens with zero attached hydrogens (tertiary/aromatic N) is 3. The number of fused-ring (bicyclic) bond motifs is 1. The molecule has 0 aliphatic heterocycles. The lowest BCUT2D eigenvalue weighted by molar-refractivity contribution is 0.0523. The van der Waals surface area contributed by atoms with Crippen LogP contribution in [0.2, 0.25) is 0 Å². The first-order valence-electron chi connectivity index (χ1n) is 10.6. The predicted molar refractivity (Wildman–Crippen MR) is 137 cm³/mol. The summed E-state index contributed by atoms with van der Waals surface area (Å²) in [5.74, 6) is 1.60. The van der Waals surface area contributed by atoms with Gasteiger partial charge in [0.15, 0.2) is 5.96 Å². The molecule has 0 radical (unpaired) electrons. The van der Waals surface area contributed by atoms with Crippen LogP contribution in [0.4, 0.5) is 4.79 Å². The number of unbranched alkanes of at least 4 members (excludes halogenated alkanes) is 1. The van der Waals surface area contributed by atoms with E-state index in [-0.39, 0.29) is 30.0 Å². The third-order valence-corrected chi connectivity index (χ3v) is 4.66. The van der Waals surface area contributed by atoms with Gasteiger partial charge in [0.05, 0.1) is 17.6 Å². The highest BCUT2D eigenvalue weighted by Gasteiger charge is 2.18. The Labute approximate surface area is 202 Å². The number of nitrogens with one attached hydrogen (secondary N) is 3. The van der Waals surface area contributed by atoms with E-state index in [1.807, 2.05) is 46.0 Å². The van der Waals surface area contributed by atoms with Gasteiger partial charge in [-0.3, -0.25) is 4.99 Å². The Bertz CT molecular complexity index is 859. The Kier molecular flexibility index (Phi) is 11.1. The van der Waals surface area contributed by atoms with E-state index in [0.29, 0.717) is 19.0 Å². The molecule has 2 aromatic rings. The number of hydrogen-bond donors (Lipinski definition) is 3. The van der Waals surface area contributed by atoms with E-state index in [4.69, 9.17) is 4.74 Å². The average molecular weight is 544 g/mol. The van der Waals surface area contributed by atoms with Crippen molar-refractivity contribution in [3.63, 3.8) is 0 Å². The number of aryl methyl sites for hydroxylation is 1. The molecule has 1 atom stereocenters. The van der Waals surface area contributed by atoms with Crippen molar-refractivity contribution in [3.05, 3.63) is 30.1 Å². The molecule has 0 aliphatic rings. The van der Waals surface area contributed by atoms with Crippen LogP contribution in [0.1, 0.15) is 52.8 Å². The molecule has 1 aromatic carbocycles. The van der Waals surface area contributed by atoms with Gasteiger partial charge in [-0.1, -0.05) is 31.9 Å². The fraction of sp³-hybridized carbons (Fsp3) is 0.591. The molecule has 9 heteroatoms. The van der Waals surface area contributed by atoms with E-state index in [1.165, 1.54) is 0 Å². The average Bonchev–Trinajstić information content (AvgIpc) is 3.01. The molecule has 0 fully saturated rings. The Morgan fingerprint density at radius 3 is 2.58 bits per heavy atom. The molecule has 174 valence electrons. The summed E-state index contributed by atoms with van der Waals surface area (Å²) < 4.78 is 7.41. The van der Waals surface area contributed by atoms with Gasteiger partial charge in [-0.05, 0) is 39.3 Å². The highest BCUT2D eigenvalue weighted by atomic mass is 127. The summed E-state index contributed by atoms with van der Waals surface area (Å²) in [5, 5.41) is 9.60. The van der Waals surface area contributed by atoms with E-state index in [2.05, 4.69) is 43.5 Å². The minimum absolute atomic E-state index is 0. The third-order valence-electron chi connectivity index (χ3n) is 4.66. The molecule has 0 aliphatic carbocycles. The number of hydrogen-bond acceptors (Lipinski definition) is 4. The van der Waals surface area contributed by atoms with Gasteiger partial charge in [-0.25, -0.2) is 9.78 Å². The van der Waals surface area contributed by atoms with Gasteiger partial charge < -0.3 is 25.3 Å². The van der Waals surface area contributed by atoms with Gasteiger partial charge in [0, 0.05) is 26.7 Å². The van der Waals surface area contributed by atoms with Gasteiger partial charge in [-0.2, -0.15) is 0 Å². The number of aromatic nitrogens is 2. The van der Waals surface area contributed by atoms with Crippen LogP contribution in [0.5, 0.6) is 0 Å². The highest BCUT2D eigenvalue weighted by Crippen LogP contribution is 2.14. The van der Waals surface area contributed by atoms with Crippen LogP contribution in [-0.4, -0.2) is 46.8 Å². The summed E-state index contributed by atoms with van der Waals surface area (Å²) in [5.41, 5.74) is 1.56. The molecule has 3 N–H and O–H groups in total. The highest BCUT2D eigenvalue weighted by molar-refractivity contribution is 14.0. The second-order valence-corrected chi connectivity index (χ2v) is 8.37. The van der Waals surface area contributed by atoms with Gasteiger partial charge >= 0.3 is 6.09 Å². The molecule has 1 aromatic heterocycles. The fourth-order valence-electron chi connectivity index (χ4n) is 3.10. The largest absolute Gasteiger partial charge is 0.444 e. The molecule has 1 heterocycles. The number of guanidine groups is 1. The normalized spacial score (nSPS) is 12.8. The van der Waals surface area contributed by atoms with E-state index in [1.54, 1.807) is 7.05 Å². The number of aliphatic imine (C=N–C) groups is 1. The second-order valence-electron chi connectivity index (χ2n) is 8.37. The summed E-state index contributed by atoms with van der Waals surface area (Å²) in [4.78, 5) is 21.0. The first-order chi connectivity index (χ1) is 14.2. The maximum atomic E-state index is 12.0. The molecular weight excluding hydrogens is 507 g/mol. The molecule has 1 unspecified atom stereocenters. The topological polar surface area (TPSA) is 92.6 Å². The van der Waals surface area contributed by atoms with Gasteiger partial charge in [0.25, 0.3) is 0 Å². The first-order valence-corrected chi connectivity index (χ1v) is 10.6. The molecule has 0 saturated heterocycles. The van der Waals surface area contributed by atoms with Crippen LogP contribution >= 0.6 is 24.0 Å². The third kappa shape index (κ3) is 8.92. The number of amides is 1. The van der Waals surface area contributed by atoms with Crippen molar-refractivity contribution in [1.82, 2.24) is 25.5 Å². The summed E-state index contributed by atoms with van der Waals surface area (Å²) in [6.45, 7) is 8.72. The summed E-state index contributed by atoms with van der Waals surface area (Å²) in [7, 11) is 3.75. The quantitative estimate of drug-likeness (QED) is 0.266. The van der Waals surface area contributed by atoms with E-state index in [0.717, 1.165) is 36.1 Å². The number of para-hydroxylation sites is 2. The maximum Gasteiger partial charge on any atom is 0.407 e. The molecule has 8 nitrogen and oxygen atoms in total. The molecule has 1 amide bonds. The first kappa shape index (κ1) is 27.0. The number of carbonyl (C=O) groups is 1. The Morgan fingerprint density at radius 1 is 1.26 bits per heavy atom. The van der Waals surface area contributed by atoms with Crippen molar-refractivity contribution in [2.24, 2.45) is 12.0 Å². The van der Waals surface area contributed by atoms with Crippen molar-refractivity contribution in [3.8, 4) is 0 Å². The van der Waals surface area contributed by atoms with Gasteiger partial charge in [-0.15, -0.1) is 24.0 Å². The molecular formula is C22H37IN6O2. The molecule has 0 saturated carbocycles. The molecule has 2 rings (SSSR count). The van der Waals surface area contributed by atoms with E-state index < -0.39 is 11.7 Å². The van der Waals surface area contributed by atoms with Crippen LogP contribution in [0, 0.1) is 0 Å². The number of imidazole rings is 1. The Hall–Kier alpha value is -2.04. The predicted octanol–water partition coefficient (Wildman–Crippen LogP) is 3.94. The van der Waals surface area contributed by atoms with Crippen molar-refractivity contribution >= 4 is 47.1 Å². The lowest BCUT2D eigenvalue weighted by Crippen LogP contribution is -2.49. The molecule has 31 heavy (non-hydrogen) atoms. The second kappa shape index (κ2) is 12.7. The SMILES string of the molecule is CCCCC(CNC(=O)OC(C)(C)C)NC(=NC)NCc1nc2ccccc2n1C.I. The molecule has 0 spiro atoms. The number of halogens is 1. The van der Waals surface area contributed by atoms with Crippen LogP contribution in [0.25, 0.3) is 11.0 Å². The van der Waals surface area contributed by atoms with E-state index in [9.17, 15) is 4.79 Å². The van der Waals surface area contributed by atoms with Crippen LogP contribution < -0.4 is 16.0 Å².